The number of hydrogen-bond donors (Lipinski definition) is 1. The molecule has 25 heavy (non-hydrogen) atoms. The summed E-state index contributed by atoms with van der Waals surface area (Å²) >= 11 is 6.39. The molecule has 4 nitrogen and oxygen atoms in total. The van der Waals surface area contributed by atoms with Gasteiger partial charge in [-0.2, -0.15) is 0 Å². The van der Waals surface area contributed by atoms with E-state index in [1.807, 2.05) is 0 Å². The fourth-order valence-corrected chi connectivity index (χ4v) is 4.31. The zero-order chi connectivity index (χ0) is 17.6. The smallest absolute Gasteiger partial charge is 0.271 e. The molecule has 0 unspecified atom stereocenters. The van der Waals surface area contributed by atoms with E-state index in [-0.39, 0.29) is 22.6 Å². The van der Waals surface area contributed by atoms with Gasteiger partial charge in [-0.25, -0.2) is 0 Å². The van der Waals surface area contributed by atoms with Crippen molar-refractivity contribution in [1.29, 1.82) is 0 Å². The van der Waals surface area contributed by atoms with E-state index >= 15 is 0 Å². The van der Waals surface area contributed by atoms with Crippen molar-refractivity contribution in [2.24, 2.45) is 5.92 Å². The average molecular weight is 355 g/mol. The molecule has 3 atom stereocenters. The number of non-ortho nitro benzene ring substituents is 1. The third-order valence-electron chi connectivity index (χ3n) is 5.36. The highest BCUT2D eigenvalue weighted by Gasteiger charge is 2.39. The molecule has 4 rings (SSSR count). The lowest BCUT2D eigenvalue weighted by Gasteiger charge is -2.37. The number of aryl methyl sites for hydroxylation is 1. The van der Waals surface area contributed by atoms with Crippen LogP contribution in [0.1, 0.15) is 42.0 Å². The van der Waals surface area contributed by atoms with Crippen molar-refractivity contribution < 1.29 is 4.92 Å². The molecule has 2 aromatic rings. The number of halogens is 1. The first-order valence-corrected chi connectivity index (χ1v) is 8.96. The lowest BCUT2D eigenvalue weighted by Crippen LogP contribution is -2.29. The van der Waals surface area contributed by atoms with Crippen molar-refractivity contribution in [3.05, 3.63) is 80.4 Å². The molecule has 128 valence electrons. The fraction of sp³-hybridized carbons (Fsp3) is 0.300. The SMILES string of the molecule is CCc1ccc([C@@H]2Nc3c(Cl)cc([N+](=O)[O-])cc3[C@@H]3C=CC[C@H]32)cc1. The van der Waals surface area contributed by atoms with Gasteiger partial charge >= 0.3 is 0 Å². The second-order valence-corrected chi connectivity index (χ2v) is 7.13. The Kier molecular flexibility index (Phi) is 4.00. The van der Waals surface area contributed by atoms with E-state index in [4.69, 9.17) is 11.6 Å². The summed E-state index contributed by atoms with van der Waals surface area (Å²) in [7, 11) is 0. The maximum atomic E-state index is 11.2. The molecule has 1 heterocycles. The molecular formula is C20H19ClN2O2. The number of anilines is 1. The molecule has 0 bridgehead atoms. The normalized spacial score (nSPS) is 23.7. The van der Waals surface area contributed by atoms with Crippen molar-refractivity contribution >= 4 is 23.0 Å². The Morgan fingerprint density at radius 1 is 1.28 bits per heavy atom. The molecule has 0 spiro atoms. The Hall–Kier alpha value is -2.33. The van der Waals surface area contributed by atoms with Crippen LogP contribution in [-0.2, 0) is 6.42 Å². The van der Waals surface area contributed by atoms with Gasteiger partial charge in [-0.1, -0.05) is 54.9 Å². The summed E-state index contributed by atoms with van der Waals surface area (Å²) in [6.07, 6.45) is 6.31. The van der Waals surface area contributed by atoms with Crippen LogP contribution in [0.3, 0.4) is 0 Å². The summed E-state index contributed by atoms with van der Waals surface area (Å²) in [4.78, 5) is 10.8. The van der Waals surface area contributed by atoms with Gasteiger partial charge in [-0.15, -0.1) is 0 Å². The molecule has 2 aliphatic rings. The molecule has 0 saturated heterocycles. The molecule has 1 N–H and O–H groups in total. The monoisotopic (exact) mass is 354 g/mol. The van der Waals surface area contributed by atoms with Gasteiger partial charge in [0.2, 0.25) is 0 Å². The number of benzene rings is 2. The van der Waals surface area contributed by atoms with Gasteiger partial charge in [0, 0.05) is 18.1 Å². The van der Waals surface area contributed by atoms with E-state index in [9.17, 15) is 10.1 Å². The van der Waals surface area contributed by atoms with Crippen molar-refractivity contribution in [2.75, 3.05) is 5.32 Å². The van der Waals surface area contributed by atoms with Crippen LogP contribution in [0.4, 0.5) is 11.4 Å². The molecule has 0 saturated carbocycles. The first-order chi connectivity index (χ1) is 12.1. The van der Waals surface area contributed by atoms with Crippen LogP contribution < -0.4 is 5.32 Å². The Morgan fingerprint density at radius 2 is 2.04 bits per heavy atom. The number of nitro groups is 1. The Morgan fingerprint density at radius 3 is 2.72 bits per heavy atom. The first-order valence-electron chi connectivity index (χ1n) is 8.58. The largest absolute Gasteiger partial charge is 0.376 e. The standard InChI is InChI=1S/C20H19ClN2O2/c1-2-12-6-8-13(9-7-12)19-16-5-3-4-15(16)17-10-14(23(24)25)11-18(21)20(17)22-19/h3-4,6-11,15-16,19,22H,2,5H2,1H3/t15-,16-,19+/m1/s1. The number of rotatable bonds is 3. The highest BCUT2D eigenvalue weighted by atomic mass is 35.5. The summed E-state index contributed by atoms with van der Waals surface area (Å²) in [5.41, 5.74) is 4.35. The summed E-state index contributed by atoms with van der Waals surface area (Å²) in [5, 5.41) is 15.2. The Balaban J connectivity index is 1.78. The summed E-state index contributed by atoms with van der Waals surface area (Å²) in [5.74, 6) is 0.502. The third-order valence-corrected chi connectivity index (χ3v) is 5.66. The topological polar surface area (TPSA) is 55.2 Å². The lowest BCUT2D eigenvalue weighted by molar-refractivity contribution is -0.384. The summed E-state index contributed by atoms with van der Waals surface area (Å²) < 4.78 is 0. The van der Waals surface area contributed by atoms with Gasteiger partial charge in [-0.3, -0.25) is 10.1 Å². The van der Waals surface area contributed by atoms with Gasteiger partial charge in [0.25, 0.3) is 5.69 Å². The van der Waals surface area contributed by atoms with E-state index in [2.05, 4.69) is 48.7 Å². The number of nitrogens with zero attached hydrogens (tertiary/aromatic N) is 1. The maximum Gasteiger partial charge on any atom is 0.271 e. The first kappa shape index (κ1) is 16.2. The molecule has 0 amide bonds. The van der Waals surface area contributed by atoms with Crippen LogP contribution in [0.15, 0.2) is 48.6 Å². The lowest BCUT2D eigenvalue weighted by atomic mass is 9.77. The van der Waals surface area contributed by atoms with Crippen molar-refractivity contribution in [2.45, 2.75) is 31.7 Å². The summed E-state index contributed by atoms with van der Waals surface area (Å²) in [6, 6.07) is 11.9. The minimum absolute atomic E-state index is 0.0512. The molecule has 0 aromatic heterocycles. The molecule has 1 aliphatic carbocycles. The van der Waals surface area contributed by atoms with Crippen LogP contribution in [0.2, 0.25) is 5.02 Å². The van der Waals surface area contributed by atoms with E-state index < -0.39 is 0 Å². The zero-order valence-electron chi connectivity index (χ0n) is 13.9. The number of nitrogens with one attached hydrogen (secondary N) is 1. The molecule has 1 aliphatic heterocycles. The molecule has 5 heteroatoms. The predicted octanol–water partition coefficient (Wildman–Crippen LogP) is 5.64. The van der Waals surface area contributed by atoms with Crippen molar-refractivity contribution in [3.8, 4) is 0 Å². The molecule has 0 fully saturated rings. The quantitative estimate of drug-likeness (QED) is 0.441. The van der Waals surface area contributed by atoms with Gasteiger partial charge < -0.3 is 5.32 Å². The van der Waals surface area contributed by atoms with Gasteiger partial charge in [-0.05, 0) is 35.4 Å². The highest BCUT2D eigenvalue weighted by molar-refractivity contribution is 6.33. The van der Waals surface area contributed by atoms with E-state index in [1.54, 1.807) is 6.07 Å². The van der Waals surface area contributed by atoms with Crippen molar-refractivity contribution in [1.82, 2.24) is 0 Å². The number of fused-ring (bicyclic) bond motifs is 3. The Labute approximate surface area is 151 Å². The number of nitro benzene ring substituents is 1. The molecular weight excluding hydrogens is 336 g/mol. The number of allylic oxidation sites excluding steroid dienone is 2. The Bertz CT molecular complexity index is 861. The fourth-order valence-electron chi connectivity index (χ4n) is 4.04. The summed E-state index contributed by atoms with van der Waals surface area (Å²) in [6.45, 7) is 2.15. The maximum absolute atomic E-state index is 11.2. The second kappa shape index (κ2) is 6.19. The van der Waals surface area contributed by atoms with Crippen LogP contribution in [0.5, 0.6) is 0 Å². The second-order valence-electron chi connectivity index (χ2n) is 6.72. The molecule has 2 aromatic carbocycles. The van der Waals surface area contributed by atoms with Gasteiger partial charge in [0.05, 0.1) is 21.7 Å². The zero-order valence-corrected chi connectivity index (χ0v) is 14.7. The van der Waals surface area contributed by atoms with Crippen LogP contribution in [-0.4, -0.2) is 4.92 Å². The highest BCUT2D eigenvalue weighted by Crippen LogP contribution is 2.52. The van der Waals surface area contributed by atoms with E-state index in [1.165, 1.54) is 17.2 Å². The average Bonchev–Trinajstić information content (AvgIpc) is 3.11. The minimum atomic E-state index is -0.380. The van der Waals surface area contributed by atoms with Crippen molar-refractivity contribution in [3.63, 3.8) is 0 Å². The van der Waals surface area contributed by atoms with E-state index in [0.29, 0.717) is 10.9 Å². The number of hydrogen-bond acceptors (Lipinski definition) is 3. The van der Waals surface area contributed by atoms with Crippen LogP contribution in [0, 0.1) is 16.0 Å². The third kappa shape index (κ3) is 2.71. The van der Waals surface area contributed by atoms with E-state index in [0.717, 1.165) is 24.1 Å². The van der Waals surface area contributed by atoms with Crippen LogP contribution >= 0.6 is 11.6 Å². The predicted molar refractivity (Wildman–Crippen MR) is 100 cm³/mol. The van der Waals surface area contributed by atoms with Gasteiger partial charge in [0.15, 0.2) is 0 Å². The van der Waals surface area contributed by atoms with Crippen LogP contribution in [0.25, 0.3) is 0 Å². The van der Waals surface area contributed by atoms with Gasteiger partial charge in [0.1, 0.15) is 0 Å². The minimum Gasteiger partial charge on any atom is -0.376 e. The molecule has 0 radical (unpaired) electrons.